The normalized spacial score (nSPS) is 18.4. The fourth-order valence-corrected chi connectivity index (χ4v) is 3.52. The molecule has 1 saturated heterocycles. The standard InChI is InChI=1S/C17H13BrN4O3S/c18-13-6-4-11(5-7-13)9-15-16(23)20-17(26-15)21-19-10-12-2-1-3-14(8-12)22(24)25/h1-8,10,15H,9H2,(H,20,21,23). The van der Waals surface area contributed by atoms with E-state index in [0.717, 1.165) is 10.0 Å². The van der Waals surface area contributed by atoms with E-state index in [1.807, 2.05) is 24.3 Å². The molecule has 0 saturated carbocycles. The van der Waals surface area contributed by atoms with Crippen molar-refractivity contribution in [3.05, 3.63) is 74.2 Å². The number of hydrogen-bond donors (Lipinski definition) is 1. The number of halogens is 1. The molecule has 0 aliphatic carbocycles. The number of carbonyl (C=O) groups excluding carboxylic acids is 1. The van der Waals surface area contributed by atoms with Gasteiger partial charge in [0, 0.05) is 22.2 Å². The van der Waals surface area contributed by atoms with Gasteiger partial charge in [-0.1, -0.05) is 52.0 Å². The molecule has 1 fully saturated rings. The minimum atomic E-state index is -0.469. The second kappa shape index (κ2) is 8.24. The maximum Gasteiger partial charge on any atom is 0.270 e. The summed E-state index contributed by atoms with van der Waals surface area (Å²) in [6, 6.07) is 13.9. The van der Waals surface area contributed by atoms with Crippen molar-refractivity contribution in [1.29, 1.82) is 0 Å². The Balaban J connectivity index is 1.63. The molecule has 0 spiro atoms. The van der Waals surface area contributed by atoms with Crippen LogP contribution in [0, 0.1) is 10.1 Å². The highest BCUT2D eigenvalue weighted by molar-refractivity contribution is 9.10. The summed E-state index contributed by atoms with van der Waals surface area (Å²) in [5.74, 6) is -0.109. The average molecular weight is 433 g/mol. The van der Waals surface area contributed by atoms with Gasteiger partial charge in [-0.15, -0.1) is 5.10 Å². The topological polar surface area (TPSA) is 97.0 Å². The Hall–Kier alpha value is -2.52. The Morgan fingerprint density at radius 3 is 2.77 bits per heavy atom. The van der Waals surface area contributed by atoms with Crippen molar-refractivity contribution >= 4 is 50.7 Å². The molecule has 1 heterocycles. The molecule has 26 heavy (non-hydrogen) atoms. The molecule has 1 atom stereocenters. The Labute approximate surface area is 161 Å². The molecule has 1 N–H and O–H groups in total. The van der Waals surface area contributed by atoms with Crippen molar-refractivity contribution in [3.63, 3.8) is 0 Å². The van der Waals surface area contributed by atoms with Crippen LogP contribution in [0.4, 0.5) is 5.69 Å². The Morgan fingerprint density at radius 2 is 2.04 bits per heavy atom. The van der Waals surface area contributed by atoms with Crippen LogP contribution in [0.25, 0.3) is 0 Å². The van der Waals surface area contributed by atoms with Crippen LogP contribution in [0.5, 0.6) is 0 Å². The largest absolute Gasteiger partial charge is 0.303 e. The molecule has 0 aromatic heterocycles. The number of nitrogens with zero attached hydrogens (tertiary/aromatic N) is 3. The number of benzene rings is 2. The lowest BCUT2D eigenvalue weighted by Crippen LogP contribution is -2.25. The molecule has 1 unspecified atom stereocenters. The highest BCUT2D eigenvalue weighted by atomic mass is 79.9. The van der Waals surface area contributed by atoms with Gasteiger partial charge in [0.05, 0.1) is 16.4 Å². The van der Waals surface area contributed by atoms with Crippen molar-refractivity contribution in [3.8, 4) is 0 Å². The van der Waals surface area contributed by atoms with Gasteiger partial charge in [-0.2, -0.15) is 5.10 Å². The molecule has 0 bridgehead atoms. The second-order valence-corrected chi connectivity index (χ2v) is 7.54. The lowest BCUT2D eigenvalue weighted by atomic mass is 10.1. The molecule has 2 aromatic rings. The quantitative estimate of drug-likeness (QED) is 0.443. The average Bonchev–Trinajstić information content (AvgIpc) is 2.97. The number of amidine groups is 1. The number of hydrogen-bond acceptors (Lipinski definition) is 6. The van der Waals surface area contributed by atoms with Gasteiger partial charge in [-0.05, 0) is 24.1 Å². The Morgan fingerprint density at radius 1 is 1.27 bits per heavy atom. The minimum Gasteiger partial charge on any atom is -0.303 e. The molecular formula is C17H13BrN4O3S. The summed E-state index contributed by atoms with van der Waals surface area (Å²) in [5.41, 5.74) is 1.60. The zero-order valence-electron chi connectivity index (χ0n) is 13.3. The van der Waals surface area contributed by atoms with E-state index >= 15 is 0 Å². The molecule has 9 heteroatoms. The fraction of sp³-hybridized carbons (Fsp3) is 0.118. The number of nitrogens with one attached hydrogen (secondary N) is 1. The van der Waals surface area contributed by atoms with E-state index in [-0.39, 0.29) is 16.8 Å². The van der Waals surface area contributed by atoms with Crippen molar-refractivity contribution in [2.75, 3.05) is 0 Å². The molecule has 1 aliphatic heterocycles. The molecule has 2 aromatic carbocycles. The maximum absolute atomic E-state index is 12.1. The summed E-state index contributed by atoms with van der Waals surface area (Å²) in [6.07, 6.45) is 2.01. The van der Waals surface area contributed by atoms with Crippen molar-refractivity contribution in [2.24, 2.45) is 10.2 Å². The van der Waals surface area contributed by atoms with Crippen LogP contribution in [0.15, 0.2) is 63.2 Å². The van der Waals surface area contributed by atoms with Crippen molar-refractivity contribution in [2.45, 2.75) is 11.7 Å². The summed E-state index contributed by atoms with van der Waals surface area (Å²) in [7, 11) is 0. The molecule has 3 rings (SSSR count). The van der Waals surface area contributed by atoms with Crippen LogP contribution in [-0.4, -0.2) is 27.5 Å². The van der Waals surface area contributed by atoms with Gasteiger partial charge < -0.3 is 5.32 Å². The van der Waals surface area contributed by atoms with E-state index in [0.29, 0.717) is 17.2 Å². The van der Waals surface area contributed by atoms with E-state index in [1.165, 1.54) is 30.1 Å². The maximum atomic E-state index is 12.1. The highest BCUT2D eigenvalue weighted by Crippen LogP contribution is 2.24. The SMILES string of the molecule is O=C1N/C(=N/N=Cc2cccc([N+](=O)[O-])c2)SC1Cc1ccc(Br)cc1. The molecule has 0 radical (unpaired) electrons. The van der Waals surface area contributed by atoms with Crippen LogP contribution in [0.1, 0.15) is 11.1 Å². The lowest BCUT2D eigenvalue weighted by Gasteiger charge is -2.05. The smallest absolute Gasteiger partial charge is 0.270 e. The van der Waals surface area contributed by atoms with Crippen LogP contribution in [0.2, 0.25) is 0 Å². The Kier molecular flexibility index (Phi) is 5.79. The summed E-state index contributed by atoms with van der Waals surface area (Å²) in [6.45, 7) is 0. The summed E-state index contributed by atoms with van der Waals surface area (Å²) >= 11 is 4.70. The van der Waals surface area contributed by atoms with Gasteiger partial charge in [0.25, 0.3) is 5.69 Å². The fourth-order valence-electron chi connectivity index (χ4n) is 2.29. The predicted octanol–water partition coefficient (Wildman–Crippen LogP) is 3.52. The first kappa shape index (κ1) is 18.3. The Bertz CT molecular complexity index is 899. The van der Waals surface area contributed by atoms with E-state index in [1.54, 1.807) is 12.1 Å². The van der Waals surface area contributed by atoms with Gasteiger partial charge in [-0.3, -0.25) is 14.9 Å². The van der Waals surface area contributed by atoms with Gasteiger partial charge in [0.1, 0.15) is 0 Å². The summed E-state index contributed by atoms with van der Waals surface area (Å²) < 4.78 is 0.988. The number of amides is 1. The number of carbonyl (C=O) groups is 1. The first-order valence-electron chi connectivity index (χ1n) is 7.59. The van der Waals surface area contributed by atoms with Gasteiger partial charge >= 0.3 is 0 Å². The number of nitro benzene ring substituents is 1. The monoisotopic (exact) mass is 432 g/mol. The van der Waals surface area contributed by atoms with E-state index in [4.69, 9.17) is 0 Å². The number of non-ortho nitro benzene ring substituents is 1. The van der Waals surface area contributed by atoms with E-state index in [9.17, 15) is 14.9 Å². The molecule has 7 nitrogen and oxygen atoms in total. The number of rotatable bonds is 5. The summed E-state index contributed by atoms with van der Waals surface area (Å²) in [4.78, 5) is 22.3. The van der Waals surface area contributed by atoms with Crippen molar-refractivity contribution < 1.29 is 9.72 Å². The third-order valence-corrected chi connectivity index (χ3v) is 5.15. The minimum absolute atomic E-state index is 0.0142. The second-order valence-electron chi connectivity index (χ2n) is 5.43. The van der Waals surface area contributed by atoms with Crippen LogP contribution in [-0.2, 0) is 11.2 Å². The van der Waals surface area contributed by atoms with Crippen molar-refractivity contribution in [1.82, 2.24) is 5.32 Å². The number of nitro groups is 1. The van der Waals surface area contributed by atoms with Gasteiger partial charge in [-0.25, -0.2) is 0 Å². The van der Waals surface area contributed by atoms with E-state index < -0.39 is 4.92 Å². The van der Waals surface area contributed by atoms with Crippen LogP contribution >= 0.6 is 27.7 Å². The van der Waals surface area contributed by atoms with E-state index in [2.05, 4.69) is 31.4 Å². The zero-order valence-corrected chi connectivity index (χ0v) is 15.7. The highest BCUT2D eigenvalue weighted by Gasteiger charge is 2.30. The van der Waals surface area contributed by atoms with Gasteiger partial charge in [0.15, 0.2) is 5.17 Å². The van der Waals surface area contributed by atoms with Crippen LogP contribution < -0.4 is 5.32 Å². The first-order valence-corrected chi connectivity index (χ1v) is 9.26. The molecule has 1 amide bonds. The third kappa shape index (κ3) is 4.77. The summed E-state index contributed by atoms with van der Waals surface area (Å²) in [5, 5.41) is 21.5. The first-order chi connectivity index (χ1) is 12.5. The third-order valence-electron chi connectivity index (χ3n) is 3.55. The predicted molar refractivity (Wildman–Crippen MR) is 105 cm³/mol. The van der Waals surface area contributed by atoms with Gasteiger partial charge in [0.2, 0.25) is 5.91 Å². The number of thioether (sulfide) groups is 1. The zero-order chi connectivity index (χ0) is 18.5. The van der Waals surface area contributed by atoms with Crippen LogP contribution in [0.3, 0.4) is 0 Å². The molecule has 1 aliphatic rings. The molecule has 132 valence electrons. The molecular weight excluding hydrogens is 420 g/mol. The lowest BCUT2D eigenvalue weighted by molar-refractivity contribution is -0.384.